The van der Waals surface area contributed by atoms with Crippen molar-refractivity contribution in [2.75, 3.05) is 7.05 Å². The molecule has 2 rings (SSSR count). The molecule has 12 heavy (non-hydrogen) atoms. The van der Waals surface area contributed by atoms with E-state index in [0.29, 0.717) is 17.7 Å². The van der Waals surface area contributed by atoms with Gasteiger partial charge in [-0.25, -0.2) is 0 Å². The van der Waals surface area contributed by atoms with Crippen molar-refractivity contribution in [3.63, 3.8) is 0 Å². The van der Waals surface area contributed by atoms with Gasteiger partial charge in [0.2, 0.25) is 0 Å². The van der Waals surface area contributed by atoms with Crippen molar-refractivity contribution in [1.29, 1.82) is 0 Å². The van der Waals surface area contributed by atoms with Crippen molar-refractivity contribution in [3.8, 4) is 0 Å². The van der Waals surface area contributed by atoms with Crippen LogP contribution in [0.4, 0.5) is 0 Å². The zero-order chi connectivity index (χ0) is 8.72. The molecule has 2 saturated heterocycles. The van der Waals surface area contributed by atoms with E-state index >= 15 is 0 Å². The number of Topliss-reactive ketones (excluding diaryl/α,β-unsaturated/α-hetero) is 1. The number of hydrogen-bond acceptors (Lipinski definition) is 2. The maximum absolute atomic E-state index is 11.3. The molecular weight excluding hydrogens is 150 g/mol. The summed E-state index contributed by atoms with van der Waals surface area (Å²) in [5.41, 5.74) is 0. The number of rotatable bonds is 1. The van der Waals surface area contributed by atoms with E-state index in [1.165, 1.54) is 19.3 Å². The predicted octanol–water partition coefficient (Wildman–Crippen LogP) is 1.45. The van der Waals surface area contributed by atoms with Gasteiger partial charge in [-0.1, -0.05) is 0 Å². The standard InChI is InChI=1S/C10H17NO/c1-7(12)9-5-3-8-4-6-10(9)11(8)2/h8-10H,3-6H2,1-2H3/t8-,9+,10-/m1/s1. The molecule has 2 bridgehead atoms. The van der Waals surface area contributed by atoms with Gasteiger partial charge >= 0.3 is 0 Å². The second kappa shape index (κ2) is 2.84. The maximum atomic E-state index is 11.3. The van der Waals surface area contributed by atoms with Gasteiger partial charge in [0.15, 0.2) is 0 Å². The summed E-state index contributed by atoms with van der Waals surface area (Å²) < 4.78 is 0. The Morgan fingerprint density at radius 3 is 2.58 bits per heavy atom. The first-order valence-corrected chi connectivity index (χ1v) is 4.92. The minimum absolute atomic E-state index is 0.341. The lowest BCUT2D eigenvalue weighted by atomic mass is 9.88. The third-order valence-electron chi connectivity index (χ3n) is 3.69. The quantitative estimate of drug-likeness (QED) is 0.589. The Morgan fingerprint density at radius 2 is 1.92 bits per heavy atom. The molecule has 3 atom stereocenters. The molecular formula is C10H17NO. The van der Waals surface area contributed by atoms with Crippen molar-refractivity contribution in [2.24, 2.45) is 5.92 Å². The molecule has 2 heteroatoms. The summed E-state index contributed by atoms with van der Waals surface area (Å²) in [6, 6.07) is 1.35. The molecule has 2 aliphatic heterocycles. The van der Waals surface area contributed by atoms with Crippen LogP contribution in [-0.2, 0) is 4.79 Å². The Kier molecular flexibility index (Phi) is 1.95. The van der Waals surface area contributed by atoms with Crippen molar-refractivity contribution in [3.05, 3.63) is 0 Å². The van der Waals surface area contributed by atoms with E-state index < -0.39 is 0 Å². The summed E-state index contributed by atoms with van der Waals surface area (Å²) in [7, 11) is 2.18. The molecule has 0 aromatic carbocycles. The number of carbonyl (C=O) groups excluding carboxylic acids is 1. The van der Waals surface area contributed by atoms with E-state index in [0.717, 1.165) is 12.5 Å². The molecule has 2 nitrogen and oxygen atoms in total. The normalized spacial score (nSPS) is 41.7. The maximum Gasteiger partial charge on any atom is 0.134 e. The van der Waals surface area contributed by atoms with E-state index in [1.54, 1.807) is 6.92 Å². The van der Waals surface area contributed by atoms with Crippen LogP contribution in [-0.4, -0.2) is 29.8 Å². The van der Waals surface area contributed by atoms with Gasteiger partial charge in [0.1, 0.15) is 5.78 Å². The number of piperidine rings is 1. The molecule has 68 valence electrons. The average molecular weight is 167 g/mol. The number of ketones is 1. The van der Waals surface area contributed by atoms with Gasteiger partial charge in [-0.05, 0) is 39.7 Å². The zero-order valence-corrected chi connectivity index (χ0v) is 7.92. The van der Waals surface area contributed by atoms with Crippen LogP contribution in [0.2, 0.25) is 0 Å². The molecule has 0 aromatic heterocycles. The van der Waals surface area contributed by atoms with Crippen LogP contribution in [0.5, 0.6) is 0 Å². The van der Waals surface area contributed by atoms with Gasteiger partial charge in [-0.15, -0.1) is 0 Å². The fourth-order valence-corrected chi connectivity index (χ4v) is 2.91. The Morgan fingerprint density at radius 1 is 1.25 bits per heavy atom. The van der Waals surface area contributed by atoms with E-state index in [9.17, 15) is 4.79 Å². The third kappa shape index (κ3) is 1.09. The largest absolute Gasteiger partial charge is 0.300 e. The highest BCUT2D eigenvalue weighted by Gasteiger charge is 2.41. The molecule has 2 fully saturated rings. The molecule has 0 aliphatic carbocycles. The average Bonchev–Trinajstić information content (AvgIpc) is 2.32. The minimum atomic E-state index is 0.341. The molecule has 0 spiro atoms. The molecule has 0 unspecified atom stereocenters. The molecule has 0 aromatic rings. The SMILES string of the molecule is CC(=O)[C@@H]1CC[C@@H]2CC[C@H]1N2C. The fraction of sp³-hybridized carbons (Fsp3) is 0.900. The highest BCUT2D eigenvalue weighted by molar-refractivity contribution is 5.79. The Hall–Kier alpha value is -0.370. The first-order valence-electron chi connectivity index (χ1n) is 4.92. The molecule has 0 amide bonds. The van der Waals surface area contributed by atoms with Gasteiger partial charge in [0, 0.05) is 18.0 Å². The van der Waals surface area contributed by atoms with E-state index in [1.807, 2.05) is 0 Å². The third-order valence-corrected chi connectivity index (χ3v) is 3.69. The summed E-state index contributed by atoms with van der Waals surface area (Å²) in [5, 5.41) is 0. The molecule has 2 aliphatic rings. The van der Waals surface area contributed by atoms with Crippen LogP contribution >= 0.6 is 0 Å². The predicted molar refractivity (Wildman–Crippen MR) is 48.0 cm³/mol. The van der Waals surface area contributed by atoms with E-state index in [4.69, 9.17) is 0 Å². The summed E-state index contributed by atoms with van der Waals surface area (Å²) in [6.45, 7) is 1.75. The van der Waals surface area contributed by atoms with E-state index in [2.05, 4.69) is 11.9 Å². The van der Waals surface area contributed by atoms with Crippen LogP contribution < -0.4 is 0 Å². The van der Waals surface area contributed by atoms with Crippen molar-refractivity contribution >= 4 is 5.78 Å². The van der Waals surface area contributed by atoms with Crippen LogP contribution in [0, 0.1) is 5.92 Å². The number of fused-ring (bicyclic) bond motifs is 2. The van der Waals surface area contributed by atoms with Crippen molar-refractivity contribution < 1.29 is 4.79 Å². The zero-order valence-electron chi connectivity index (χ0n) is 7.92. The smallest absolute Gasteiger partial charge is 0.134 e. The van der Waals surface area contributed by atoms with Crippen molar-refractivity contribution in [1.82, 2.24) is 4.90 Å². The van der Waals surface area contributed by atoms with Gasteiger partial charge in [-0.3, -0.25) is 9.69 Å². The molecule has 2 heterocycles. The lowest BCUT2D eigenvalue weighted by molar-refractivity contribution is -0.123. The van der Waals surface area contributed by atoms with Gasteiger partial charge in [0.25, 0.3) is 0 Å². The van der Waals surface area contributed by atoms with Crippen LogP contribution in [0.1, 0.15) is 32.6 Å². The number of nitrogens with zero attached hydrogens (tertiary/aromatic N) is 1. The van der Waals surface area contributed by atoms with Gasteiger partial charge in [-0.2, -0.15) is 0 Å². The lowest BCUT2D eigenvalue weighted by Crippen LogP contribution is -2.44. The first kappa shape index (κ1) is 8.24. The Labute approximate surface area is 73.9 Å². The van der Waals surface area contributed by atoms with Gasteiger partial charge in [0.05, 0.1) is 0 Å². The van der Waals surface area contributed by atoms with Crippen LogP contribution in [0.25, 0.3) is 0 Å². The number of carbonyl (C=O) groups is 1. The monoisotopic (exact) mass is 167 g/mol. The van der Waals surface area contributed by atoms with Crippen LogP contribution in [0.3, 0.4) is 0 Å². The van der Waals surface area contributed by atoms with E-state index in [-0.39, 0.29) is 0 Å². The van der Waals surface area contributed by atoms with Crippen molar-refractivity contribution in [2.45, 2.75) is 44.7 Å². The lowest BCUT2D eigenvalue weighted by Gasteiger charge is -2.36. The Bertz CT molecular complexity index is 202. The van der Waals surface area contributed by atoms with Crippen LogP contribution in [0.15, 0.2) is 0 Å². The molecule has 0 N–H and O–H groups in total. The number of hydrogen-bond donors (Lipinski definition) is 0. The minimum Gasteiger partial charge on any atom is -0.300 e. The fourth-order valence-electron chi connectivity index (χ4n) is 2.91. The second-order valence-electron chi connectivity index (χ2n) is 4.26. The summed E-state index contributed by atoms with van der Waals surface area (Å²) >= 11 is 0. The highest BCUT2D eigenvalue weighted by Crippen LogP contribution is 2.38. The molecule has 0 saturated carbocycles. The first-order chi connectivity index (χ1) is 5.70. The molecule has 0 radical (unpaired) electrons. The highest BCUT2D eigenvalue weighted by atomic mass is 16.1. The second-order valence-corrected chi connectivity index (χ2v) is 4.26. The Balaban J connectivity index is 2.14. The summed E-state index contributed by atoms with van der Waals surface area (Å²) in [6.07, 6.45) is 4.92. The topological polar surface area (TPSA) is 20.3 Å². The van der Waals surface area contributed by atoms with Gasteiger partial charge < -0.3 is 0 Å². The summed E-state index contributed by atoms with van der Waals surface area (Å²) in [5.74, 6) is 0.737. The summed E-state index contributed by atoms with van der Waals surface area (Å²) in [4.78, 5) is 13.7.